The van der Waals surface area contributed by atoms with E-state index >= 15 is 0 Å². The quantitative estimate of drug-likeness (QED) is 0.477. The van der Waals surface area contributed by atoms with Crippen molar-refractivity contribution in [2.45, 2.75) is 6.18 Å². The van der Waals surface area contributed by atoms with Crippen LogP contribution >= 0.6 is 0 Å². The van der Waals surface area contributed by atoms with Crippen LogP contribution in [0, 0.1) is 23.0 Å². The normalized spacial score (nSPS) is 11.6. The molecule has 0 aliphatic carbocycles. The highest BCUT2D eigenvalue weighted by Crippen LogP contribution is 2.30. The average molecular weight is 367 g/mol. The molecular weight excluding hydrogens is 357 g/mol. The number of hydrogen-bond donors (Lipinski definition) is 2. The molecule has 134 valence electrons. The van der Waals surface area contributed by atoms with E-state index in [9.17, 15) is 26.7 Å². The number of halogens is 5. The molecule has 0 aliphatic heterocycles. The van der Waals surface area contributed by atoms with E-state index in [0.29, 0.717) is 6.07 Å². The van der Waals surface area contributed by atoms with Crippen molar-refractivity contribution < 1.29 is 26.7 Å². The van der Waals surface area contributed by atoms with Gasteiger partial charge in [0.1, 0.15) is 23.3 Å². The number of carbonyl (C=O) groups is 1. The zero-order valence-electron chi connectivity index (χ0n) is 12.9. The van der Waals surface area contributed by atoms with Crippen LogP contribution in [0.15, 0.2) is 54.2 Å². The summed E-state index contributed by atoms with van der Waals surface area (Å²) in [6.45, 7) is 0. The Kier molecular flexibility index (Phi) is 5.57. The fourth-order valence-electron chi connectivity index (χ4n) is 1.88. The van der Waals surface area contributed by atoms with Gasteiger partial charge in [-0.25, -0.2) is 8.78 Å². The van der Waals surface area contributed by atoms with Gasteiger partial charge in [0.05, 0.1) is 11.3 Å². The molecule has 2 N–H and O–H groups in total. The van der Waals surface area contributed by atoms with Gasteiger partial charge in [-0.05, 0) is 30.3 Å². The Morgan fingerprint density at radius 2 is 1.85 bits per heavy atom. The van der Waals surface area contributed by atoms with Crippen LogP contribution in [0.3, 0.4) is 0 Å². The molecule has 0 radical (unpaired) electrons. The number of alkyl halides is 3. The van der Waals surface area contributed by atoms with Crippen LogP contribution in [0.5, 0.6) is 0 Å². The zero-order chi connectivity index (χ0) is 19.3. The fourth-order valence-corrected chi connectivity index (χ4v) is 1.88. The average Bonchev–Trinajstić information content (AvgIpc) is 2.58. The molecule has 4 nitrogen and oxygen atoms in total. The second-order valence-corrected chi connectivity index (χ2v) is 4.97. The molecule has 0 aliphatic rings. The predicted octanol–water partition coefficient (Wildman–Crippen LogP) is 4.44. The second kappa shape index (κ2) is 7.65. The van der Waals surface area contributed by atoms with Crippen LogP contribution in [0.2, 0.25) is 0 Å². The van der Waals surface area contributed by atoms with E-state index in [0.717, 1.165) is 36.5 Å². The predicted molar refractivity (Wildman–Crippen MR) is 83.8 cm³/mol. The molecule has 1 amide bonds. The summed E-state index contributed by atoms with van der Waals surface area (Å²) in [5.41, 5.74) is -2.02. The molecule has 0 saturated carbocycles. The smallest absolute Gasteiger partial charge is 0.358 e. The molecule has 0 unspecified atom stereocenters. The van der Waals surface area contributed by atoms with Gasteiger partial charge in [0, 0.05) is 18.0 Å². The topological polar surface area (TPSA) is 64.9 Å². The molecule has 2 aromatic rings. The minimum absolute atomic E-state index is 0.178. The Morgan fingerprint density at radius 1 is 1.12 bits per heavy atom. The molecule has 2 aromatic carbocycles. The Morgan fingerprint density at radius 3 is 2.50 bits per heavy atom. The largest absolute Gasteiger partial charge is 0.416 e. The first-order valence-corrected chi connectivity index (χ1v) is 7.01. The highest BCUT2D eigenvalue weighted by atomic mass is 19.4. The lowest BCUT2D eigenvalue weighted by Gasteiger charge is -2.09. The van der Waals surface area contributed by atoms with Gasteiger partial charge in [-0.1, -0.05) is 6.07 Å². The maximum absolute atomic E-state index is 13.5. The molecular formula is C17H10F5N3O. The third-order valence-corrected chi connectivity index (χ3v) is 3.11. The number of anilines is 2. The van der Waals surface area contributed by atoms with Crippen LogP contribution in [0.25, 0.3) is 0 Å². The Balaban J connectivity index is 2.16. The maximum atomic E-state index is 13.5. The van der Waals surface area contributed by atoms with Crippen molar-refractivity contribution in [2.75, 3.05) is 10.6 Å². The molecule has 0 fully saturated rings. The molecule has 0 heterocycles. The lowest BCUT2D eigenvalue weighted by molar-refractivity contribution is -0.137. The third kappa shape index (κ3) is 4.80. The summed E-state index contributed by atoms with van der Waals surface area (Å²) in [6.07, 6.45) is -3.77. The van der Waals surface area contributed by atoms with Gasteiger partial charge >= 0.3 is 6.18 Å². The molecule has 0 atom stereocenters. The third-order valence-electron chi connectivity index (χ3n) is 3.11. The van der Waals surface area contributed by atoms with Crippen LogP contribution in [0.1, 0.15) is 5.56 Å². The van der Waals surface area contributed by atoms with Gasteiger partial charge in [0.2, 0.25) is 0 Å². The number of carbonyl (C=O) groups excluding carboxylic acids is 1. The van der Waals surface area contributed by atoms with Gasteiger partial charge < -0.3 is 10.6 Å². The first-order chi connectivity index (χ1) is 12.2. The van der Waals surface area contributed by atoms with E-state index in [1.807, 2.05) is 0 Å². The summed E-state index contributed by atoms with van der Waals surface area (Å²) < 4.78 is 64.5. The van der Waals surface area contributed by atoms with E-state index in [4.69, 9.17) is 5.26 Å². The first kappa shape index (κ1) is 18.9. The number of amides is 1. The summed E-state index contributed by atoms with van der Waals surface area (Å²) in [5.74, 6) is -2.58. The SMILES string of the molecule is N#C/C(=C/Nc1cc(F)ccc1F)C(=O)Nc1cccc(C(F)(F)F)c1. The van der Waals surface area contributed by atoms with Crippen LogP contribution in [-0.4, -0.2) is 5.91 Å². The van der Waals surface area contributed by atoms with Gasteiger partial charge in [-0.3, -0.25) is 4.79 Å². The molecule has 2 rings (SSSR count). The molecule has 9 heteroatoms. The number of nitrogens with one attached hydrogen (secondary N) is 2. The van der Waals surface area contributed by atoms with E-state index in [1.54, 1.807) is 0 Å². The van der Waals surface area contributed by atoms with Gasteiger partial charge in [-0.2, -0.15) is 18.4 Å². The van der Waals surface area contributed by atoms with E-state index in [2.05, 4.69) is 10.6 Å². The lowest BCUT2D eigenvalue weighted by Crippen LogP contribution is -2.15. The number of hydrogen-bond acceptors (Lipinski definition) is 3. The lowest BCUT2D eigenvalue weighted by atomic mass is 10.2. The van der Waals surface area contributed by atoms with Crippen molar-refractivity contribution in [3.63, 3.8) is 0 Å². The van der Waals surface area contributed by atoms with Crippen molar-refractivity contribution in [1.29, 1.82) is 5.26 Å². The summed E-state index contributed by atoms with van der Waals surface area (Å²) in [7, 11) is 0. The zero-order valence-corrected chi connectivity index (χ0v) is 12.9. The van der Waals surface area contributed by atoms with Crippen LogP contribution < -0.4 is 10.6 Å². The minimum Gasteiger partial charge on any atom is -0.358 e. The monoisotopic (exact) mass is 367 g/mol. The highest BCUT2D eigenvalue weighted by Gasteiger charge is 2.30. The number of nitriles is 1. The summed E-state index contributed by atoms with van der Waals surface area (Å²) >= 11 is 0. The highest BCUT2D eigenvalue weighted by molar-refractivity contribution is 6.06. The standard InChI is InChI=1S/C17H10F5N3O/c18-12-4-5-14(19)15(7-12)24-9-10(8-23)16(26)25-13-3-1-2-11(6-13)17(20,21)22/h1-7,9,24H,(H,25,26)/b10-9-. The maximum Gasteiger partial charge on any atom is 0.416 e. The molecule has 0 saturated heterocycles. The van der Waals surface area contributed by atoms with Crippen molar-refractivity contribution in [2.24, 2.45) is 0 Å². The van der Waals surface area contributed by atoms with Gasteiger partial charge in [-0.15, -0.1) is 0 Å². The summed E-state index contributed by atoms with van der Waals surface area (Å²) in [6, 6.07) is 7.89. The van der Waals surface area contributed by atoms with Crippen molar-refractivity contribution >= 4 is 17.3 Å². The Labute approximate surface area is 144 Å². The second-order valence-electron chi connectivity index (χ2n) is 4.97. The first-order valence-electron chi connectivity index (χ1n) is 7.01. The van der Waals surface area contributed by atoms with E-state index in [1.165, 1.54) is 12.1 Å². The molecule has 0 aromatic heterocycles. The summed E-state index contributed by atoms with van der Waals surface area (Å²) in [4.78, 5) is 12.0. The molecule has 0 spiro atoms. The van der Waals surface area contributed by atoms with Gasteiger partial charge in [0.25, 0.3) is 5.91 Å². The number of nitrogens with zero attached hydrogens (tertiary/aromatic N) is 1. The Bertz CT molecular complexity index is 900. The fraction of sp³-hybridized carbons (Fsp3) is 0.0588. The molecule has 26 heavy (non-hydrogen) atoms. The number of benzene rings is 2. The Hall–Kier alpha value is -3.41. The number of rotatable bonds is 4. The van der Waals surface area contributed by atoms with E-state index in [-0.39, 0.29) is 11.4 Å². The van der Waals surface area contributed by atoms with Gasteiger partial charge in [0.15, 0.2) is 0 Å². The molecule has 0 bridgehead atoms. The minimum atomic E-state index is -4.59. The van der Waals surface area contributed by atoms with Crippen molar-refractivity contribution in [3.05, 3.63) is 71.4 Å². The summed E-state index contributed by atoms with van der Waals surface area (Å²) in [5, 5.41) is 13.4. The van der Waals surface area contributed by atoms with Crippen molar-refractivity contribution in [3.8, 4) is 6.07 Å². The van der Waals surface area contributed by atoms with Crippen molar-refractivity contribution in [1.82, 2.24) is 0 Å². The van der Waals surface area contributed by atoms with Crippen LogP contribution in [-0.2, 0) is 11.0 Å². The van der Waals surface area contributed by atoms with Crippen LogP contribution in [0.4, 0.5) is 33.3 Å². The van der Waals surface area contributed by atoms with E-state index < -0.39 is 34.9 Å².